The van der Waals surface area contributed by atoms with Crippen LogP contribution < -0.4 is 10.1 Å². The number of ether oxygens (including phenoxy) is 1. The maximum atomic E-state index is 5.81. The van der Waals surface area contributed by atoms with Crippen molar-refractivity contribution >= 4 is 17.7 Å². The number of nitrogens with one attached hydrogen (secondary N) is 1. The van der Waals surface area contributed by atoms with E-state index in [1.165, 1.54) is 0 Å². The Balaban J connectivity index is 2.30. The molecule has 0 saturated heterocycles. The molecule has 0 unspecified atom stereocenters. The summed E-state index contributed by atoms with van der Waals surface area (Å²) in [5.74, 6) is 1.92. The van der Waals surface area contributed by atoms with E-state index in [2.05, 4.69) is 15.3 Å². The normalized spacial score (nSPS) is 10.2. The zero-order chi connectivity index (χ0) is 13.0. The van der Waals surface area contributed by atoms with Crippen molar-refractivity contribution in [2.75, 3.05) is 18.6 Å². The molecule has 18 heavy (non-hydrogen) atoms. The van der Waals surface area contributed by atoms with Crippen molar-refractivity contribution in [2.45, 2.75) is 11.8 Å². The number of nitrogens with zero attached hydrogens (tertiary/aromatic N) is 2. The molecule has 1 N–H and O–H groups in total. The first-order valence-corrected chi connectivity index (χ1v) is 6.79. The van der Waals surface area contributed by atoms with Crippen LogP contribution in [0.4, 0.5) is 5.95 Å². The van der Waals surface area contributed by atoms with Gasteiger partial charge in [0.25, 0.3) is 0 Å². The fraction of sp³-hybridized carbons (Fsp3) is 0.231. The van der Waals surface area contributed by atoms with Crippen LogP contribution >= 0.6 is 11.8 Å². The number of aromatic nitrogens is 2. The summed E-state index contributed by atoms with van der Waals surface area (Å²) in [6.45, 7) is 1.91. The highest BCUT2D eigenvalue weighted by Crippen LogP contribution is 2.30. The summed E-state index contributed by atoms with van der Waals surface area (Å²) in [7, 11) is 1.79. The lowest BCUT2D eigenvalue weighted by Crippen LogP contribution is -1.99. The van der Waals surface area contributed by atoms with E-state index in [-0.39, 0.29) is 0 Å². The molecule has 0 radical (unpaired) electrons. The lowest BCUT2D eigenvalue weighted by atomic mass is 10.3. The monoisotopic (exact) mass is 261 g/mol. The largest absolute Gasteiger partial charge is 0.438 e. The van der Waals surface area contributed by atoms with E-state index in [9.17, 15) is 0 Å². The molecule has 5 heteroatoms. The van der Waals surface area contributed by atoms with Crippen molar-refractivity contribution in [1.82, 2.24) is 9.97 Å². The van der Waals surface area contributed by atoms with Crippen LogP contribution in [0.15, 0.2) is 35.2 Å². The van der Waals surface area contributed by atoms with Crippen molar-refractivity contribution in [1.29, 1.82) is 0 Å². The van der Waals surface area contributed by atoms with Gasteiger partial charge in [-0.25, -0.2) is 4.98 Å². The third kappa shape index (κ3) is 2.92. The maximum absolute atomic E-state index is 5.81. The molecule has 2 rings (SSSR count). The number of rotatable bonds is 4. The number of anilines is 1. The zero-order valence-corrected chi connectivity index (χ0v) is 11.4. The van der Waals surface area contributed by atoms with Crippen molar-refractivity contribution in [2.24, 2.45) is 0 Å². The molecule has 0 bridgehead atoms. The molecule has 2 aromatic rings. The smallest absolute Gasteiger partial charge is 0.225 e. The van der Waals surface area contributed by atoms with Gasteiger partial charge in [0.2, 0.25) is 11.8 Å². The predicted molar refractivity (Wildman–Crippen MR) is 74.6 cm³/mol. The van der Waals surface area contributed by atoms with E-state index in [0.717, 1.165) is 16.3 Å². The number of para-hydroxylation sites is 1. The minimum absolute atomic E-state index is 0.549. The summed E-state index contributed by atoms with van der Waals surface area (Å²) < 4.78 is 5.81. The fourth-order valence-corrected chi connectivity index (χ4v) is 2.05. The van der Waals surface area contributed by atoms with Crippen molar-refractivity contribution in [3.63, 3.8) is 0 Å². The van der Waals surface area contributed by atoms with Crippen LogP contribution in [-0.4, -0.2) is 23.3 Å². The summed E-state index contributed by atoms with van der Waals surface area (Å²) in [6.07, 6.45) is 2.02. The summed E-state index contributed by atoms with van der Waals surface area (Å²) in [5.41, 5.74) is 0.867. The Morgan fingerprint density at radius 1 is 1.22 bits per heavy atom. The highest BCUT2D eigenvalue weighted by atomic mass is 32.2. The summed E-state index contributed by atoms with van der Waals surface area (Å²) >= 11 is 1.64. The molecule has 94 valence electrons. The van der Waals surface area contributed by atoms with Crippen LogP contribution in [0.5, 0.6) is 11.6 Å². The lowest BCUT2D eigenvalue weighted by Gasteiger charge is -2.09. The Morgan fingerprint density at radius 3 is 2.72 bits per heavy atom. The Labute approximate surface area is 111 Å². The second-order valence-electron chi connectivity index (χ2n) is 3.67. The van der Waals surface area contributed by atoms with Crippen molar-refractivity contribution in [3.05, 3.63) is 36.0 Å². The third-order valence-corrected chi connectivity index (χ3v) is 3.12. The Hall–Kier alpha value is -1.75. The van der Waals surface area contributed by atoms with Crippen molar-refractivity contribution < 1.29 is 4.74 Å². The number of benzene rings is 1. The highest BCUT2D eigenvalue weighted by Gasteiger charge is 2.06. The molecule has 0 aliphatic carbocycles. The molecular weight excluding hydrogens is 246 g/mol. The molecule has 1 aromatic heterocycles. The summed E-state index contributed by atoms with van der Waals surface area (Å²) in [5, 5.41) is 2.92. The van der Waals surface area contributed by atoms with Crippen LogP contribution in [-0.2, 0) is 0 Å². The first kappa shape index (κ1) is 12.7. The van der Waals surface area contributed by atoms with Crippen molar-refractivity contribution in [3.8, 4) is 11.6 Å². The second-order valence-corrected chi connectivity index (χ2v) is 4.52. The molecule has 0 spiro atoms. The zero-order valence-electron chi connectivity index (χ0n) is 10.6. The highest BCUT2D eigenvalue weighted by molar-refractivity contribution is 7.98. The van der Waals surface area contributed by atoms with Gasteiger partial charge in [-0.1, -0.05) is 12.1 Å². The minimum atomic E-state index is 0.549. The Kier molecular flexibility index (Phi) is 4.04. The number of aryl methyl sites for hydroxylation is 1. The van der Waals surface area contributed by atoms with E-state index in [1.807, 2.05) is 43.5 Å². The predicted octanol–water partition coefficient (Wildman–Crippen LogP) is 3.34. The molecule has 4 nitrogen and oxygen atoms in total. The maximum Gasteiger partial charge on any atom is 0.225 e. The first-order chi connectivity index (χ1) is 8.72. The molecule has 0 amide bonds. The van der Waals surface area contributed by atoms with Crippen LogP contribution in [0.1, 0.15) is 5.69 Å². The molecular formula is C13H15N3OS. The molecule has 0 aliphatic rings. The molecule has 1 heterocycles. The second kappa shape index (κ2) is 5.73. The van der Waals surface area contributed by atoms with E-state index < -0.39 is 0 Å². The van der Waals surface area contributed by atoms with Gasteiger partial charge in [0.1, 0.15) is 5.75 Å². The van der Waals surface area contributed by atoms with Gasteiger partial charge in [-0.15, -0.1) is 11.8 Å². The third-order valence-electron chi connectivity index (χ3n) is 2.34. The SMILES string of the molecule is CNc1nc(C)cc(Oc2ccccc2SC)n1. The molecule has 0 aliphatic heterocycles. The van der Waals surface area contributed by atoms with Gasteiger partial charge in [-0.2, -0.15) is 4.98 Å². The quantitative estimate of drug-likeness (QED) is 0.855. The van der Waals surface area contributed by atoms with Crippen LogP contribution in [0.25, 0.3) is 0 Å². The van der Waals surface area contributed by atoms with Gasteiger partial charge >= 0.3 is 0 Å². The van der Waals surface area contributed by atoms with Gasteiger partial charge in [0, 0.05) is 23.7 Å². The van der Waals surface area contributed by atoms with Crippen LogP contribution in [0.3, 0.4) is 0 Å². The number of hydrogen-bond donors (Lipinski definition) is 1. The average molecular weight is 261 g/mol. The van der Waals surface area contributed by atoms with E-state index in [1.54, 1.807) is 18.8 Å². The number of thioether (sulfide) groups is 1. The van der Waals surface area contributed by atoms with E-state index in [4.69, 9.17) is 4.74 Å². The minimum Gasteiger partial charge on any atom is -0.438 e. The Morgan fingerprint density at radius 2 is 2.00 bits per heavy atom. The van der Waals surface area contributed by atoms with Gasteiger partial charge in [-0.05, 0) is 25.3 Å². The van der Waals surface area contributed by atoms with Gasteiger partial charge in [-0.3, -0.25) is 0 Å². The summed E-state index contributed by atoms with van der Waals surface area (Å²) in [6, 6.07) is 9.71. The van der Waals surface area contributed by atoms with E-state index >= 15 is 0 Å². The average Bonchev–Trinajstić information content (AvgIpc) is 2.38. The van der Waals surface area contributed by atoms with Gasteiger partial charge in [0.15, 0.2) is 0 Å². The standard InChI is InChI=1S/C13H15N3OS/c1-9-8-12(16-13(14-2)15-9)17-10-6-4-5-7-11(10)18-3/h4-8H,1-3H3,(H,14,15,16). The van der Waals surface area contributed by atoms with E-state index in [0.29, 0.717) is 11.8 Å². The lowest BCUT2D eigenvalue weighted by molar-refractivity contribution is 0.451. The van der Waals surface area contributed by atoms with Gasteiger partial charge < -0.3 is 10.1 Å². The fourth-order valence-electron chi connectivity index (χ4n) is 1.52. The van der Waals surface area contributed by atoms with Crippen LogP contribution in [0.2, 0.25) is 0 Å². The first-order valence-electron chi connectivity index (χ1n) is 5.57. The van der Waals surface area contributed by atoms with Gasteiger partial charge in [0.05, 0.1) is 0 Å². The van der Waals surface area contributed by atoms with Crippen LogP contribution in [0, 0.1) is 6.92 Å². The topological polar surface area (TPSA) is 47.0 Å². The summed E-state index contributed by atoms with van der Waals surface area (Å²) in [4.78, 5) is 9.58. The molecule has 0 fully saturated rings. The molecule has 0 atom stereocenters. The molecule has 1 aromatic carbocycles. The number of hydrogen-bond acceptors (Lipinski definition) is 5. The Bertz CT molecular complexity index is 546. The molecule has 0 saturated carbocycles.